The largest absolute Gasteiger partial charge is 0.503 e. The van der Waals surface area contributed by atoms with Gasteiger partial charge in [-0.15, -0.1) is 0 Å². The molecule has 32 heavy (non-hydrogen) atoms. The van der Waals surface area contributed by atoms with Gasteiger partial charge in [0, 0.05) is 6.54 Å². The number of hydrogen-bond donors (Lipinski definition) is 1. The number of amides is 1. The highest BCUT2D eigenvalue weighted by atomic mass is 16.3. The first-order valence-electron chi connectivity index (χ1n) is 12.9. The molecule has 0 saturated heterocycles. The third-order valence-electron chi connectivity index (χ3n) is 6.55. The van der Waals surface area contributed by atoms with Gasteiger partial charge in [-0.25, -0.2) is 0 Å². The summed E-state index contributed by atoms with van der Waals surface area (Å²) in [7, 11) is 0. The van der Waals surface area contributed by atoms with Crippen LogP contribution in [-0.4, -0.2) is 28.2 Å². The zero-order valence-electron chi connectivity index (χ0n) is 20.3. The summed E-state index contributed by atoms with van der Waals surface area (Å²) in [4.78, 5) is 26.4. The van der Waals surface area contributed by atoms with E-state index in [1.807, 2.05) is 30.3 Å². The lowest BCUT2D eigenvalue weighted by Crippen LogP contribution is -2.32. The summed E-state index contributed by atoms with van der Waals surface area (Å²) >= 11 is 0. The molecule has 1 aliphatic rings. The highest BCUT2D eigenvalue weighted by Crippen LogP contribution is 2.37. The number of carbonyl (C=O) groups is 2. The molecule has 178 valence electrons. The molecule has 1 amide bonds. The molecule has 4 nitrogen and oxygen atoms in total. The van der Waals surface area contributed by atoms with Gasteiger partial charge in [-0.2, -0.15) is 0 Å². The molecule has 2 rings (SSSR count). The molecule has 1 atom stereocenters. The smallest absolute Gasteiger partial charge is 0.290 e. The maximum atomic E-state index is 12.6. The Kier molecular flexibility index (Phi) is 12.2. The fraction of sp³-hybridized carbons (Fsp3) is 0.643. The maximum absolute atomic E-state index is 12.6. The van der Waals surface area contributed by atoms with Crippen molar-refractivity contribution in [1.82, 2.24) is 4.90 Å². The first-order valence-corrected chi connectivity index (χ1v) is 12.9. The molecule has 0 aromatic heterocycles. The number of rotatable bonds is 17. The Labute approximate surface area is 195 Å². The van der Waals surface area contributed by atoms with Crippen LogP contribution in [0.15, 0.2) is 41.7 Å². The van der Waals surface area contributed by atoms with Gasteiger partial charge in [0.1, 0.15) is 0 Å². The van der Waals surface area contributed by atoms with E-state index in [1.54, 1.807) is 4.90 Å². The zero-order valence-corrected chi connectivity index (χ0v) is 20.3. The summed E-state index contributed by atoms with van der Waals surface area (Å²) in [5, 5.41) is 10.3. The third kappa shape index (κ3) is 8.11. The van der Waals surface area contributed by atoms with Crippen LogP contribution in [-0.2, 0) is 9.59 Å². The lowest BCUT2D eigenvalue weighted by Gasteiger charge is -2.26. The number of nitrogens with zero attached hydrogens (tertiary/aromatic N) is 1. The van der Waals surface area contributed by atoms with Gasteiger partial charge >= 0.3 is 0 Å². The second-order valence-electron chi connectivity index (χ2n) is 9.23. The van der Waals surface area contributed by atoms with Crippen molar-refractivity contribution < 1.29 is 14.7 Å². The lowest BCUT2D eigenvalue weighted by molar-refractivity contribution is -0.129. The molecule has 0 spiro atoms. The Morgan fingerprint density at radius 2 is 1.28 bits per heavy atom. The van der Waals surface area contributed by atoms with Crippen molar-refractivity contribution in [3.8, 4) is 0 Å². The van der Waals surface area contributed by atoms with Crippen molar-refractivity contribution >= 4 is 11.7 Å². The summed E-state index contributed by atoms with van der Waals surface area (Å²) in [6, 6.07) is 9.07. The van der Waals surface area contributed by atoms with Crippen molar-refractivity contribution in [2.24, 2.45) is 0 Å². The van der Waals surface area contributed by atoms with Gasteiger partial charge in [-0.1, -0.05) is 121 Å². The van der Waals surface area contributed by atoms with Crippen LogP contribution < -0.4 is 0 Å². The van der Waals surface area contributed by atoms with E-state index in [0.29, 0.717) is 6.54 Å². The molecule has 0 radical (unpaired) electrons. The van der Waals surface area contributed by atoms with Gasteiger partial charge in [-0.3, -0.25) is 9.59 Å². The van der Waals surface area contributed by atoms with E-state index < -0.39 is 11.9 Å². The van der Waals surface area contributed by atoms with Crippen LogP contribution in [0.25, 0.3) is 0 Å². The van der Waals surface area contributed by atoms with Gasteiger partial charge in [0.25, 0.3) is 5.91 Å². The third-order valence-corrected chi connectivity index (χ3v) is 6.55. The molecule has 0 unspecified atom stereocenters. The second-order valence-corrected chi connectivity index (χ2v) is 9.23. The summed E-state index contributed by atoms with van der Waals surface area (Å²) in [6.07, 6.45) is 18.0. The molecule has 0 saturated carbocycles. The summed E-state index contributed by atoms with van der Waals surface area (Å²) in [5.74, 6) is -1.04. The number of Topliss-reactive ketones (excluding diaryl/α,β-unsaturated/α-hetero) is 1. The molecule has 4 heteroatoms. The van der Waals surface area contributed by atoms with E-state index in [9.17, 15) is 14.7 Å². The summed E-state index contributed by atoms with van der Waals surface area (Å²) < 4.78 is 0. The Hall–Kier alpha value is -2.10. The van der Waals surface area contributed by atoms with Crippen LogP contribution >= 0.6 is 0 Å². The number of aliphatic hydroxyl groups is 1. The predicted octanol–water partition coefficient (Wildman–Crippen LogP) is 7.45. The van der Waals surface area contributed by atoms with E-state index in [4.69, 9.17) is 0 Å². The Balaban J connectivity index is 1.64. The van der Waals surface area contributed by atoms with E-state index in [2.05, 4.69) is 6.92 Å². The minimum atomic E-state index is -0.469. The first-order chi connectivity index (χ1) is 15.6. The molecule has 1 aromatic rings. The fourth-order valence-electron chi connectivity index (χ4n) is 4.70. The lowest BCUT2D eigenvalue weighted by atomic mass is 9.96. The SMILES string of the molecule is CCCCCCCCCCCCCCCCN1C(=O)C(O)=C(C(C)=O)[C@H]1c1ccccc1. The van der Waals surface area contributed by atoms with Gasteiger partial charge in [-0.05, 0) is 18.9 Å². The number of benzene rings is 1. The molecule has 1 N–H and O–H groups in total. The molecule has 0 bridgehead atoms. The van der Waals surface area contributed by atoms with Crippen molar-refractivity contribution in [3.63, 3.8) is 0 Å². The minimum absolute atomic E-state index is 0.228. The number of aliphatic hydroxyl groups excluding tert-OH is 1. The zero-order chi connectivity index (χ0) is 23.2. The predicted molar refractivity (Wildman–Crippen MR) is 132 cm³/mol. The Morgan fingerprint density at radius 1 is 0.812 bits per heavy atom. The maximum Gasteiger partial charge on any atom is 0.290 e. The molecular weight excluding hydrogens is 398 g/mol. The van der Waals surface area contributed by atoms with Crippen LogP contribution in [0, 0.1) is 0 Å². The number of carbonyl (C=O) groups excluding carboxylic acids is 2. The number of hydrogen-bond acceptors (Lipinski definition) is 3. The van der Waals surface area contributed by atoms with Crippen LogP contribution in [0.2, 0.25) is 0 Å². The molecular formula is C28H43NO3. The van der Waals surface area contributed by atoms with Crippen molar-refractivity contribution in [2.75, 3.05) is 6.54 Å². The molecule has 0 fully saturated rings. The average Bonchev–Trinajstić information content (AvgIpc) is 3.05. The van der Waals surface area contributed by atoms with Gasteiger partial charge < -0.3 is 10.0 Å². The number of unbranched alkanes of at least 4 members (excludes halogenated alkanes) is 13. The second kappa shape index (κ2) is 14.9. The quantitative estimate of drug-likeness (QED) is 0.255. The van der Waals surface area contributed by atoms with Crippen LogP contribution in [0.5, 0.6) is 0 Å². The summed E-state index contributed by atoms with van der Waals surface area (Å²) in [5.41, 5.74) is 1.10. The average molecular weight is 442 g/mol. The van der Waals surface area contributed by atoms with E-state index in [0.717, 1.165) is 18.4 Å². The molecule has 0 aliphatic carbocycles. The minimum Gasteiger partial charge on any atom is -0.503 e. The monoisotopic (exact) mass is 441 g/mol. The van der Waals surface area contributed by atoms with Crippen molar-refractivity contribution in [1.29, 1.82) is 0 Å². The summed E-state index contributed by atoms with van der Waals surface area (Å²) in [6.45, 7) is 4.25. The highest BCUT2D eigenvalue weighted by molar-refractivity contribution is 6.08. The van der Waals surface area contributed by atoms with E-state index in [-0.39, 0.29) is 17.1 Å². The van der Waals surface area contributed by atoms with E-state index in [1.165, 1.54) is 84.0 Å². The van der Waals surface area contributed by atoms with Crippen LogP contribution in [0.3, 0.4) is 0 Å². The Morgan fingerprint density at radius 3 is 1.75 bits per heavy atom. The first kappa shape index (κ1) is 26.2. The van der Waals surface area contributed by atoms with Gasteiger partial charge in [0.05, 0.1) is 11.6 Å². The molecule has 1 aromatic carbocycles. The van der Waals surface area contributed by atoms with Crippen molar-refractivity contribution in [2.45, 2.75) is 110 Å². The number of ketones is 1. The van der Waals surface area contributed by atoms with Gasteiger partial charge in [0.2, 0.25) is 0 Å². The van der Waals surface area contributed by atoms with E-state index >= 15 is 0 Å². The fourth-order valence-corrected chi connectivity index (χ4v) is 4.70. The highest BCUT2D eigenvalue weighted by Gasteiger charge is 2.41. The Bertz CT molecular complexity index is 725. The molecule has 1 aliphatic heterocycles. The van der Waals surface area contributed by atoms with Crippen LogP contribution in [0.4, 0.5) is 0 Å². The standard InChI is InChI=1S/C28H43NO3/c1-3-4-5-6-7-8-9-10-11-12-13-14-15-19-22-29-26(24-20-17-16-18-21-24)25(23(2)30)27(31)28(29)32/h16-18,20-21,26,31H,3-15,19,22H2,1-2H3/t26-/m1/s1. The van der Waals surface area contributed by atoms with Crippen LogP contribution in [0.1, 0.15) is 115 Å². The van der Waals surface area contributed by atoms with Gasteiger partial charge in [0.15, 0.2) is 11.5 Å². The molecule has 1 heterocycles. The van der Waals surface area contributed by atoms with Crippen molar-refractivity contribution in [3.05, 3.63) is 47.2 Å². The normalized spacial score (nSPS) is 16.2. The topological polar surface area (TPSA) is 57.6 Å².